The van der Waals surface area contributed by atoms with E-state index in [4.69, 9.17) is 4.74 Å². The molecule has 1 heterocycles. The summed E-state index contributed by atoms with van der Waals surface area (Å²) in [5.41, 5.74) is 1.02. The van der Waals surface area contributed by atoms with Gasteiger partial charge in [-0.2, -0.15) is 0 Å². The van der Waals surface area contributed by atoms with Gasteiger partial charge in [0.25, 0.3) is 0 Å². The Labute approximate surface area is 245 Å². The van der Waals surface area contributed by atoms with Crippen LogP contribution in [-0.4, -0.2) is 77.7 Å². The van der Waals surface area contributed by atoms with Crippen LogP contribution < -0.4 is 20.7 Å². The third kappa shape index (κ3) is 8.19. The molecule has 2 aliphatic rings. The first-order valence-electron chi connectivity index (χ1n) is 14.5. The molecule has 2 aromatic rings. The first-order valence-corrected chi connectivity index (χ1v) is 14.5. The molecular formula is C31H41FN4O6. The van der Waals surface area contributed by atoms with E-state index in [1.54, 1.807) is 32.2 Å². The van der Waals surface area contributed by atoms with Crippen LogP contribution in [0.1, 0.15) is 50.3 Å². The quantitative estimate of drug-likeness (QED) is 0.372. The average Bonchev–Trinajstić information content (AvgIpc) is 3.80. The van der Waals surface area contributed by atoms with Crippen LogP contribution in [0.3, 0.4) is 0 Å². The number of aromatic hydroxyl groups is 1. The fourth-order valence-electron chi connectivity index (χ4n) is 5.16. The number of nitrogens with one attached hydrogen (secondary N) is 3. The van der Waals surface area contributed by atoms with Gasteiger partial charge in [-0.15, -0.1) is 0 Å². The zero-order valence-corrected chi connectivity index (χ0v) is 24.3. The highest BCUT2D eigenvalue weighted by Gasteiger charge is 2.39. The standard InChI is InChI=1S/C31H41FN4O6/c1-18-16-33-17-25(21-6-7-21)31(41)36(3)19(2)29(39)35-26(14-20-4-8-22(32)9-5-20)30(40)34-13-12-27(38)24-15-23(37)10-11-28(24)42-18/h4-5,8-11,15,18-19,21,25-27,33,37-38H,6-7,12-14,16-17H2,1-3H3,(H,34,40)(H,35,39). The molecule has 0 spiro atoms. The molecule has 5 N–H and O–H groups in total. The van der Waals surface area contributed by atoms with Gasteiger partial charge in [0.2, 0.25) is 17.7 Å². The van der Waals surface area contributed by atoms with Crippen molar-refractivity contribution in [3.8, 4) is 11.5 Å². The number of amides is 3. The zero-order chi connectivity index (χ0) is 30.4. The van der Waals surface area contributed by atoms with Crippen LogP contribution >= 0.6 is 0 Å². The number of fused-ring (bicyclic) bond motifs is 1. The third-order valence-corrected chi connectivity index (χ3v) is 8.00. The molecule has 0 bridgehead atoms. The second-order valence-electron chi connectivity index (χ2n) is 11.4. The summed E-state index contributed by atoms with van der Waals surface area (Å²) < 4.78 is 19.6. The van der Waals surface area contributed by atoms with E-state index in [0.717, 1.165) is 12.8 Å². The van der Waals surface area contributed by atoms with Gasteiger partial charge in [0.1, 0.15) is 35.5 Å². The number of hydrogen-bond acceptors (Lipinski definition) is 7. The van der Waals surface area contributed by atoms with Gasteiger partial charge in [-0.25, -0.2) is 4.39 Å². The van der Waals surface area contributed by atoms with Crippen LogP contribution in [0.4, 0.5) is 4.39 Å². The van der Waals surface area contributed by atoms with E-state index in [-0.39, 0.29) is 49.0 Å². The van der Waals surface area contributed by atoms with Crippen molar-refractivity contribution < 1.29 is 33.7 Å². The van der Waals surface area contributed by atoms with Gasteiger partial charge in [-0.05, 0) is 74.9 Å². The smallest absolute Gasteiger partial charge is 0.243 e. The lowest BCUT2D eigenvalue weighted by atomic mass is 10.0. The molecule has 2 aromatic carbocycles. The molecule has 0 saturated heterocycles. The van der Waals surface area contributed by atoms with Crippen LogP contribution in [0.2, 0.25) is 0 Å². The number of carbonyl (C=O) groups is 3. The number of benzene rings is 2. The van der Waals surface area contributed by atoms with E-state index in [2.05, 4.69) is 16.0 Å². The number of aliphatic hydroxyl groups is 1. The number of aliphatic hydroxyl groups excluding tert-OH is 1. The van der Waals surface area contributed by atoms with Gasteiger partial charge >= 0.3 is 0 Å². The number of nitrogens with zero attached hydrogens (tertiary/aromatic N) is 1. The molecule has 0 aromatic heterocycles. The molecule has 4 rings (SSSR count). The molecule has 42 heavy (non-hydrogen) atoms. The van der Waals surface area contributed by atoms with Crippen LogP contribution in [0.5, 0.6) is 11.5 Å². The van der Waals surface area contributed by atoms with Crippen molar-refractivity contribution in [3.05, 3.63) is 59.4 Å². The van der Waals surface area contributed by atoms with Gasteiger partial charge in [0.05, 0.1) is 12.0 Å². The van der Waals surface area contributed by atoms with E-state index in [1.807, 2.05) is 6.92 Å². The predicted molar refractivity (Wildman–Crippen MR) is 154 cm³/mol. The number of ether oxygens (including phenoxy) is 1. The first kappa shape index (κ1) is 31.2. The van der Waals surface area contributed by atoms with Crippen molar-refractivity contribution in [2.75, 3.05) is 26.7 Å². The molecule has 10 nitrogen and oxygen atoms in total. The van der Waals surface area contributed by atoms with Crippen molar-refractivity contribution in [1.82, 2.24) is 20.9 Å². The molecule has 1 saturated carbocycles. The SMILES string of the molecule is CC1CNCC(C2CC2)C(=O)N(C)C(C)C(=O)NC(Cc2ccc(F)cc2)C(=O)NCCC(O)c2cc(O)ccc2O1. The Bertz CT molecular complexity index is 1250. The van der Waals surface area contributed by atoms with Crippen molar-refractivity contribution in [1.29, 1.82) is 0 Å². The largest absolute Gasteiger partial charge is 0.508 e. The van der Waals surface area contributed by atoms with E-state index in [1.165, 1.54) is 29.2 Å². The predicted octanol–water partition coefficient (Wildman–Crippen LogP) is 2.04. The highest BCUT2D eigenvalue weighted by molar-refractivity contribution is 5.92. The molecule has 0 radical (unpaired) electrons. The van der Waals surface area contributed by atoms with Crippen LogP contribution in [0, 0.1) is 17.7 Å². The Morgan fingerprint density at radius 1 is 1.00 bits per heavy atom. The minimum Gasteiger partial charge on any atom is -0.508 e. The Morgan fingerprint density at radius 3 is 2.40 bits per heavy atom. The molecule has 1 fully saturated rings. The van der Waals surface area contributed by atoms with Gasteiger partial charge in [0.15, 0.2) is 0 Å². The highest BCUT2D eigenvalue weighted by atomic mass is 19.1. The summed E-state index contributed by atoms with van der Waals surface area (Å²) in [6, 6.07) is 8.31. The number of likely N-dealkylation sites (N-methyl/N-ethyl adjacent to an activating group) is 1. The maximum Gasteiger partial charge on any atom is 0.243 e. The summed E-state index contributed by atoms with van der Waals surface area (Å²) in [6.45, 7) is 4.41. The molecule has 11 heteroatoms. The van der Waals surface area contributed by atoms with E-state index >= 15 is 0 Å². The van der Waals surface area contributed by atoms with Gasteiger partial charge in [-0.1, -0.05) is 12.1 Å². The van der Waals surface area contributed by atoms with Crippen molar-refractivity contribution in [2.24, 2.45) is 11.8 Å². The van der Waals surface area contributed by atoms with Crippen LogP contribution in [0.15, 0.2) is 42.5 Å². The van der Waals surface area contributed by atoms with E-state index < -0.39 is 35.8 Å². The molecule has 5 atom stereocenters. The molecule has 1 aliphatic heterocycles. The minimum atomic E-state index is -1.05. The van der Waals surface area contributed by atoms with Gasteiger partial charge in [-0.3, -0.25) is 14.4 Å². The molecule has 3 amide bonds. The normalized spacial score (nSPS) is 27.0. The van der Waals surface area contributed by atoms with Gasteiger partial charge < -0.3 is 35.8 Å². The fourth-order valence-corrected chi connectivity index (χ4v) is 5.16. The Morgan fingerprint density at radius 2 is 1.71 bits per heavy atom. The topological polar surface area (TPSA) is 140 Å². The summed E-state index contributed by atoms with van der Waals surface area (Å²) >= 11 is 0. The molecule has 1 aliphatic carbocycles. The molecule has 228 valence electrons. The summed E-state index contributed by atoms with van der Waals surface area (Å²) in [5, 5.41) is 29.9. The summed E-state index contributed by atoms with van der Waals surface area (Å²) in [4.78, 5) is 41.6. The Hall–Kier alpha value is -3.70. The summed E-state index contributed by atoms with van der Waals surface area (Å²) in [7, 11) is 1.60. The average molecular weight is 585 g/mol. The maximum atomic E-state index is 13.5. The second kappa shape index (κ2) is 14.0. The Kier molecular flexibility index (Phi) is 10.4. The van der Waals surface area contributed by atoms with Crippen molar-refractivity contribution in [3.63, 3.8) is 0 Å². The number of rotatable bonds is 3. The fraction of sp³-hybridized carbons (Fsp3) is 0.516. The minimum absolute atomic E-state index is 0.0318. The van der Waals surface area contributed by atoms with Crippen LogP contribution in [0.25, 0.3) is 0 Å². The van der Waals surface area contributed by atoms with Crippen molar-refractivity contribution >= 4 is 17.7 Å². The van der Waals surface area contributed by atoms with Gasteiger partial charge in [0, 0.05) is 38.7 Å². The number of hydrogen-bond donors (Lipinski definition) is 5. The zero-order valence-electron chi connectivity index (χ0n) is 24.3. The lowest BCUT2D eigenvalue weighted by Gasteiger charge is -2.30. The number of phenolic OH excluding ortho intramolecular Hbond substituents is 1. The highest BCUT2D eigenvalue weighted by Crippen LogP contribution is 2.37. The number of halogens is 1. The molecular weight excluding hydrogens is 543 g/mol. The van der Waals surface area contributed by atoms with E-state index in [0.29, 0.717) is 30.0 Å². The van der Waals surface area contributed by atoms with Crippen LogP contribution in [-0.2, 0) is 20.8 Å². The third-order valence-electron chi connectivity index (χ3n) is 8.00. The monoisotopic (exact) mass is 584 g/mol. The lowest BCUT2D eigenvalue weighted by Crippen LogP contribution is -2.55. The van der Waals surface area contributed by atoms with E-state index in [9.17, 15) is 29.0 Å². The number of phenols is 1. The summed E-state index contributed by atoms with van der Waals surface area (Å²) in [6.07, 6.45) is 0.728. The second-order valence-corrected chi connectivity index (χ2v) is 11.4. The first-order chi connectivity index (χ1) is 20.0. The maximum absolute atomic E-state index is 13.5. The number of carbonyl (C=O) groups excluding carboxylic acids is 3. The molecule has 5 unspecified atom stereocenters. The van der Waals surface area contributed by atoms with Crippen molar-refractivity contribution in [2.45, 2.75) is 63.8 Å². The Balaban J connectivity index is 1.59. The summed E-state index contributed by atoms with van der Waals surface area (Å²) in [5.74, 6) is -1.25. The lowest BCUT2D eigenvalue weighted by molar-refractivity contribution is -0.142.